The highest BCUT2D eigenvalue weighted by Gasteiger charge is 2.42. The normalized spacial score (nSPS) is 23.0. The zero-order valence-corrected chi connectivity index (χ0v) is 18.0. The molecule has 4 aromatic rings. The van der Waals surface area contributed by atoms with Gasteiger partial charge in [-0.25, -0.2) is 4.98 Å². The summed E-state index contributed by atoms with van der Waals surface area (Å²) in [6, 6.07) is 15.3. The molecule has 2 aliphatic rings. The summed E-state index contributed by atoms with van der Waals surface area (Å²) in [5, 5.41) is 8.19. The summed E-state index contributed by atoms with van der Waals surface area (Å²) in [7, 11) is 0. The molecule has 32 heavy (non-hydrogen) atoms. The lowest BCUT2D eigenvalue weighted by Gasteiger charge is -2.28. The number of carbonyl (C=O) groups excluding carboxylic acids is 1. The van der Waals surface area contributed by atoms with Crippen molar-refractivity contribution < 1.29 is 13.7 Å². The first-order chi connectivity index (χ1) is 15.7. The Morgan fingerprint density at radius 1 is 1.12 bits per heavy atom. The van der Waals surface area contributed by atoms with Gasteiger partial charge in [0.2, 0.25) is 0 Å². The third-order valence-electron chi connectivity index (χ3n) is 7.31. The summed E-state index contributed by atoms with van der Waals surface area (Å²) in [5.74, 6) is 2.59. The Bertz CT molecular complexity index is 1260. The number of pyridine rings is 1. The van der Waals surface area contributed by atoms with Gasteiger partial charge in [-0.2, -0.15) is 0 Å². The molecule has 0 unspecified atom stereocenters. The second-order valence-electron chi connectivity index (χ2n) is 9.21. The summed E-state index contributed by atoms with van der Waals surface area (Å²) in [6.07, 6.45) is 6.77. The Kier molecular flexibility index (Phi) is 4.59. The number of hydrogen-bond donors (Lipinski definition) is 1. The van der Waals surface area contributed by atoms with E-state index >= 15 is 0 Å². The van der Waals surface area contributed by atoms with Gasteiger partial charge < -0.3 is 14.3 Å². The largest absolute Gasteiger partial charge is 0.463 e. The van der Waals surface area contributed by atoms with Crippen molar-refractivity contribution in [2.75, 3.05) is 0 Å². The minimum Gasteiger partial charge on any atom is -0.463 e. The van der Waals surface area contributed by atoms with Gasteiger partial charge in [0.15, 0.2) is 5.76 Å². The Labute approximate surface area is 186 Å². The lowest BCUT2D eigenvalue weighted by molar-refractivity contribution is 0.0917. The molecule has 2 aliphatic carbocycles. The highest BCUT2D eigenvalue weighted by Crippen LogP contribution is 2.49. The number of nitrogens with zero attached hydrogens (tertiary/aromatic N) is 2. The maximum atomic E-state index is 13.6. The number of benzene rings is 1. The van der Waals surface area contributed by atoms with Crippen molar-refractivity contribution in [3.63, 3.8) is 0 Å². The third-order valence-corrected chi connectivity index (χ3v) is 7.31. The highest BCUT2D eigenvalue weighted by molar-refractivity contribution is 6.10. The Balaban J connectivity index is 1.41. The molecule has 2 fully saturated rings. The summed E-state index contributed by atoms with van der Waals surface area (Å²) in [6.45, 7) is 2.14. The van der Waals surface area contributed by atoms with Gasteiger partial charge in [-0.15, -0.1) is 0 Å². The van der Waals surface area contributed by atoms with Gasteiger partial charge in [-0.1, -0.05) is 41.9 Å². The molecule has 2 bridgehead atoms. The van der Waals surface area contributed by atoms with Crippen molar-refractivity contribution >= 4 is 17.0 Å². The SMILES string of the molecule is C[C@@H](NC(=O)c1cc(-c2ccco2)nc2onc(-c3ccccc3)c12)[C@@H]1C[C@@H]2CC[C@@H]1C2. The van der Waals surface area contributed by atoms with Gasteiger partial charge in [-0.3, -0.25) is 4.79 Å². The maximum absolute atomic E-state index is 13.6. The van der Waals surface area contributed by atoms with E-state index in [9.17, 15) is 4.79 Å². The second-order valence-corrected chi connectivity index (χ2v) is 9.21. The summed E-state index contributed by atoms with van der Waals surface area (Å²) in [5.41, 5.74) is 2.90. The molecule has 6 heteroatoms. The van der Waals surface area contributed by atoms with E-state index < -0.39 is 0 Å². The first kappa shape index (κ1) is 19.3. The molecule has 0 saturated heterocycles. The minimum atomic E-state index is -0.124. The molecule has 1 aromatic carbocycles. The molecule has 2 saturated carbocycles. The first-order valence-corrected chi connectivity index (χ1v) is 11.4. The van der Waals surface area contributed by atoms with Gasteiger partial charge in [0.25, 0.3) is 11.6 Å². The van der Waals surface area contributed by atoms with Gasteiger partial charge in [-0.05, 0) is 62.1 Å². The average Bonchev–Trinajstić information content (AvgIpc) is 3.62. The van der Waals surface area contributed by atoms with Crippen LogP contribution in [0.25, 0.3) is 33.8 Å². The van der Waals surface area contributed by atoms with Crippen molar-refractivity contribution in [3.05, 3.63) is 60.4 Å². The van der Waals surface area contributed by atoms with Gasteiger partial charge in [0.1, 0.15) is 11.4 Å². The zero-order valence-electron chi connectivity index (χ0n) is 18.0. The molecule has 1 N–H and O–H groups in total. The molecular weight excluding hydrogens is 402 g/mol. The fraction of sp³-hybridized carbons (Fsp3) is 0.346. The van der Waals surface area contributed by atoms with Crippen molar-refractivity contribution in [1.82, 2.24) is 15.5 Å². The van der Waals surface area contributed by atoms with Gasteiger partial charge in [0.05, 0.1) is 17.2 Å². The number of nitrogens with one attached hydrogen (secondary N) is 1. The summed E-state index contributed by atoms with van der Waals surface area (Å²) in [4.78, 5) is 18.2. The predicted octanol–water partition coefficient (Wildman–Crippen LogP) is 5.70. The van der Waals surface area contributed by atoms with Crippen LogP contribution in [0.3, 0.4) is 0 Å². The van der Waals surface area contributed by atoms with E-state index in [4.69, 9.17) is 8.94 Å². The molecule has 1 amide bonds. The standard InChI is InChI=1S/C26H25N3O3/c1-15(19-13-16-9-10-18(19)12-16)27-25(30)20-14-21(22-8-5-11-31-22)28-26-23(20)24(29-32-26)17-6-3-2-4-7-17/h2-8,11,14-16,18-19H,9-10,12-13H2,1H3,(H,27,30)/t15-,16-,18-,19+/m1/s1. The van der Waals surface area contributed by atoms with Crippen LogP contribution in [0.1, 0.15) is 43.0 Å². The molecule has 0 radical (unpaired) electrons. The quantitative estimate of drug-likeness (QED) is 0.442. The fourth-order valence-corrected chi connectivity index (χ4v) is 5.77. The Morgan fingerprint density at radius 2 is 2.00 bits per heavy atom. The maximum Gasteiger partial charge on any atom is 0.259 e. The van der Waals surface area contributed by atoms with Crippen LogP contribution in [0, 0.1) is 17.8 Å². The molecule has 4 atom stereocenters. The van der Waals surface area contributed by atoms with Crippen molar-refractivity contribution in [2.24, 2.45) is 17.8 Å². The molecule has 162 valence electrons. The first-order valence-electron chi connectivity index (χ1n) is 11.4. The van der Waals surface area contributed by atoms with Crippen LogP contribution in [0.4, 0.5) is 0 Å². The molecule has 6 rings (SSSR count). The Morgan fingerprint density at radius 3 is 2.72 bits per heavy atom. The molecule has 3 heterocycles. The molecule has 3 aromatic heterocycles. The van der Waals surface area contributed by atoms with Crippen LogP contribution in [0.5, 0.6) is 0 Å². The Hall–Kier alpha value is -3.41. The summed E-state index contributed by atoms with van der Waals surface area (Å²) < 4.78 is 11.1. The second kappa shape index (κ2) is 7.62. The number of furan rings is 1. The van der Waals surface area contributed by atoms with Crippen LogP contribution in [-0.2, 0) is 0 Å². The monoisotopic (exact) mass is 427 g/mol. The summed E-state index contributed by atoms with van der Waals surface area (Å²) >= 11 is 0. The predicted molar refractivity (Wildman–Crippen MR) is 121 cm³/mol. The third kappa shape index (κ3) is 3.22. The van der Waals surface area contributed by atoms with Gasteiger partial charge >= 0.3 is 0 Å². The molecule has 6 nitrogen and oxygen atoms in total. The number of amides is 1. The smallest absolute Gasteiger partial charge is 0.259 e. The van der Waals surface area contributed by atoms with Crippen molar-refractivity contribution in [1.29, 1.82) is 0 Å². The number of aromatic nitrogens is 2. The molecule has 0 aliphatic heterocycles. The minimum absolute atomic E-state index is 0.119. The van der Waals surface area contributed by atoms with E-state index in [0.29, 0.717) is 39.7 Å². The van der Waals surface area contributed by atoms with Crippen LogP contribution in [-0.4, -0.2) is 22.1 Å². The number of fused-ring (bicyclic) bond motifs is 3. The van der Waals surface area contributed by atoms with E-state index in [1.54, 1.807) is 18.4 Å². The van der Waals surface area contributed by atoms with Crippen LogP contribution in [0.15, 0.2) is 63.7 Å². The molecular formula is C26H25N3O3. The van der Waals surface area contributed by atoms with Crippen LogP contribution < -0.4 is 5.32 Å². The lowest BCUT2D eigenvalue weighted by atomic mass is 9.84. The van der Waals surface area contributed by atoms with E-state index in [1.807, 2.05) is 36.4 Å². The van der Waals surface area contributed by atoms with Crippen LogP contribution in [0.2, 0.25) is 0 Å². The van der Waals surface area contributed by atoms with E-state index in [0.717, 1.165) is 17.4 Å². The van der Waals surface area contributed by atoms with Gasteiger partial charge in [0, 0.05) is 11.6 Å². The van der Waals surface area contributed by atoms with E-state index in [2.05, 4.69) is 22.4 Å². The van der Waals surface area contributed by atoms with Crippen LogP contribution >= 0.6 is 0 Å². The zero-order chi connectivity index (χ0) is 21.7. The van der Waals surface area contributed by atoms with E-state index in [1.165, 1.54) is 25.7 Å². The highest BCUT2D eigenvalue weighted by atomic mass is 16.5. The number of hydrogen-bond acceptors (Lipinski definition) is 5. The van der Waals surface area contributed by atoms with E-state index in [-0.39, 0.29) is 11.9 Å². The average molecular weight is 428 g/mol. The number of rotatable bonds is 5. The van der Waals surface area contributed by atoms with Crippen molar-refractivity contribution in [2.45, 2.75) is 38.6 Å². The fourth-order valence-electron chi connectivity index (χ4n) is 5.77. The lowest BCUT2D eigenvalue weighted by Crippen LogP contribution is -2.40. The number of carbonyl (C=O) groups is 1. The van der Waals surface area contributed by atoms with Crippen molar-refractivity contribution in [3.8, 4) is 22.7 Å². The topological polar surface area (TPSA) is 81.2 Å². The molecule has 0 spiro atoms.